The molecule has 2 atom stereocenters. The lowest BCUT2D eigenvalue weighted by Crippen LogP contribution is -2.24. The Morgan fingerprint density at radius 1 is 1.43 bits per heavy atom. The third kappa shape index (κ3) is 2.16. The molecule has 4 N–H and O–H groups in total. The van der Waals surface area contributed by atoms with E-state index in [2.05, 4.69) is 0 Å². The molecule has 0 saturated carbocycles. The van der Waals surface area contributed by atoms with Crippen LogP contribution in [0.4, 0.5) is 0 Å². The summed E-state index contributed by atoms with van der Waals surface area (Å²) in [5, 5.41) is 19.2. The fourth-order valence-electron chi connectivity index (χ4n) is 1.18. The summed E-state index contributed by atoms with van der Waals surface area (Å²) in [4.78, 5) is 0. The predicted molar refractivity (Wildman–Crippen MR) is 53.3 cm³/mol. The molecule has 0 heterocycles. The molecule has 0 aliphatic rings. The number of phenolic OH excluding ortho intramolecular Hbond substituents is 1. The maximum Gasteiger partial charge on any atom is 0.125 e. The summed E-state index contributed by atoms with van der Waals surface area (Å²) in [7, 11) is 1.51. The molecule has 4 nitrogen and oxygen atoms in total. The van der Waals surface area contributed by atoms with Crippen molar-refractivity contribution in [3.8, 4) is 11.5 Å². The maximum absolute atomic E-state index is 9.62. The molecule has 0 fully saturated rings. The number of nitrogens with two attached hydrogens (primary N) is 1. The smallest absolute Gasteiger partial charge is 0.125 e. The van der Waals surface area contributed by atoms with Crippen molar-refractivity contribution in [2.75, 3.05) is 7.11 Å². The molecule has 0 saturated heterocycles. The van der Waals surface area contributed by atoms with Crippen LogP contribution in [0.25, 0.3) is 0 Å². The number of methoxy groups -OCH3 is 1. The zero-order valence-electron chi connectivity index (χ0n) is 8.27. The zero-order valence-corrected chi connectivity index (χ0v) is 8.27. The molecule has 0 radical (unpaired) electrons. The third-order valence-corrected chi connectivity index (χ3v) is 2.05. The van der Waals surface area contributed by atoms with Crippen molar-refractivity contribution in [3.05, 3.63) is 23.8 Å². The van der Waals surface area contributed by atoms with Gasteiger partial charge in [-0.25, -0.2) is 0 Å². The minimum Gasteiger partial charge on any atom is -0.507 e. The van der Waals surface area contributed by atoms with Crippen LogP contribution < -0.4 is 10.5 Å². The average molecular weight is 197 g/mol. The van der Waals surface area contributed by atoms with Crippen LogP contribution >= 0.6 is 0 Å². The second kappa shape index (κ2) is 4.30. The molecule has 0 amide bonds. The van der Waals surface area contributed by atoms with E-state index >= 15 is 0 Å². The van der Waals surface area contributed by atoms with Crippen molar-refractivity contribution in [2.24, 2.45) is 5.73 Å². The van der Waals surface area contributed by atoms with Crippen LogP contribution in [0.1, 0.15) is 18.6 Å². The first-order chi connectivity index (χ1) is 6.56. The van der Waals surface area contributed by atoms with Crippen molar-refractivity contribution in [1.29, 1.82) is 0 Å². The van der Waals surface area contributed by atoms with Crippen molar-refractivity contribution < 1.29 is 14.9 Å². The molecule has 14 heavy (non-hydrogen) atoms. The predicted octanol–water partition coefficient (Wildman–Crippen LogP) is 0.781. The normalized spacial score (nSPS) is 14.9. The van der Waals surface area contributed by atoms with Crippen LogP contribution in [0.3, 0.4) is 0 Å². The van der Waals surface area contributed by atoms with Crippen molar-refractivity contribution in [2.45, 2.75) is 19.1 Å². The molecule has 1 aromatic carbocycles. The van der Waals surface area contributed by atoms with Gasteiger partial charge >= 0.3 is 0 Å². The van der Waals surface area contributed by atoms with Crippen molar-refractivity contribution >= 4 is 0 Å². The number of ether oxygens (including phenoxy) is 1. The van der Waals surface area contributed by atoms with Crippen LogP contribution in [0.2, 0.25) is 0 Å². The largest absolute Gasteiger partial charge is 0.507 e. The quantitative estimate of drug-likeness (QED) is 0.669. The second-order valence-corrected chi connectivity index (χ2v) is 3.23. The number of hydrogen-bond acceptors (Lipinski definition) is 4. The Balaban J connectivity index is 2.99. The molecule has 4 heteroatoms. The fourth-order valence-corrected chi connectivity index (χ4v) is 1.18. The van der Waals surface area contributed by atoms with Gasteiger partial charge in [0.1, 0.15) is 11.5 Å². The van der Waals surface area contributed by atoms with Gasteiger partial charge in [-0.2, -0.15) is 0 Å². The van der Waals surface area contributed by atoms with Crippen molar-refractivity contribution in [3.63, 3.8) is 0 Å². The van der Waals surface area contributed by atoms with Gasteiger partial charge in [0.2, 0.25) is 0 Å². The van der Waals surface area contributed by atoms with E-state index in [1.54, 1.807) is 19.1 Å². The average Bonchev–Trinajstić information content (AvgIpc) is 2.16. The Morgan fingerprint density at radius 2 is 2.07 bits per heavy atom. The van der Waals surface area contributed by atoms with Gasteiger partial charge in [0.25, 0.3) is 0 Å². The van der Waals surface area contributed by atoms with Gasteiger partial charge in [0, 0.05) is 17.7 Å². The molecular formula is C10H15NO3. The first-order valence-corrected chi connectivity index (χ1v) is 4.36. The van der Waals surface area contributed by atoms with Gasteiger partial charge in [-0.05, 0) is 19.1 Å². The van der Waals surface area contributed by atoms with Crippen molar-refractivity contribution in [1.82, 2.24) is 0 Å². The first kappa shape index (κ1) is 10.8. The summed E-state index contributed by atoms with van der Waals surface area (Å²) in [6.45, 7) is 1.67. The fraction of sp³-hybridized carbons (Fsp3) is 0.400. The summed E-state index contributed by atoms with van der Waals surface area (Å²) in [5.41, 5.74) is 5.93. The second-order valence-electron chi connectivity index (χ2n) is 3.23. The molecule has 0 bridgehead atoms. The van der Waals surface area contributed by atoms with E-state index in [1.807, 2.05) is 0 Å². The van der Waals surface area contributed by atoms with E-state index in [-0.39, 0.29) is 5.75 Å². The van der Waals surface area contributed by atoms with Gasteiger partial charge in [0.15, 0.2) is 0 Å². The van der Waals surface area contributed by atoms with E-state index in [0.29, 0.717) is 11.3 Å². The first-order valence-electron chi connectivity index (χ1n) is 4.36. The SMILES string of the molecule is COc1ccc(C(O)C(C)N)c(O)c1. The van der Waals surface area contributed by atoms with Gasteiger partial charge in [-0.15, -0.1) is 0 Å². The molecule has 78 valence electrons. The van der Waals surface area contributed by atoms with E-state index in [9.17, 15) is 10.2 Å². The van der Waals surface area contributed by atoms with Crippen LogP contribution in [0, 0.1) is 0 Å². The highest BCUT2D eigenvalue weighted by atomic mass is 16.5. The standard InChI is InChI=1S/C10H15NO3/c1-6(11)10(13)8-4-3-7(14-2)5-9(8)12/h3-6,10,12-13H,11H2,1-2H3. The highest BCUT2D eigenvalue weighted by molar-refractivity contribution is 5.41. The Morgan fingerprint density at radius 3 is 2.50 bits per heavy atom. The molecule has 0 aliphatic heterocycles. The summed E-state index contributed by atoms with van der Waals surface area (Å²) < 4.78 is 4.92. The molecule has 0 spiro atoms. The minimum absolute atomic E-state index is 0.00542. The monoisotopic (exact) mass is 197 g/mol. The maximum atomic E-state index is 9.62. The molecule has 0 aromatic heterocycles. The van der Waals surface area contributed by atoms with Crippen LogP contribution in [0.5, 0.6) is 11.5 Å². The molecule has 1 aromatic rings. The lowest BCUT2D eigenvalue weighted by Gasteiger charge is -2.16. The zero-order chi connectivity index (χ0) is 10.7. The lowest BCUT2D eigenvalue weighted by atomic mass is 10.0. The summed E-state index contributed by atoms with van der Waals surface area (Å²) in [6, 6.07) is 4.29. The number of rotatable bonds is 3. The molecule has 1 rings (SSSR count). The van der Waals surface area contributed by atoms with Gasteiger partial charge < -0.3 is 20.7 Å². The lowest BCUT2D eigenvalue weighted by molar-refractivity contribution is 0.150. The number of phenols is 1. The van der Waals surface area contributed by atoms with Gasteiger partial charge in [-0.1, -0.05) is 0 Å². The number of aliphatic hydroxyl groups is 1. The number of aromatic hydroxyl groups is 1. The summed E-state index contributed by atoms with van der Waals surface area (Å²) in [5.74, 6) is 0.539. The summed E-state index contributed by atoms with van der Waals surface area (Å²) >= 11 is 0. The highest BCUT2D eigenvalue weighted by Gasteiger charge is 2.16. The molecular weight excluding hydrogens is 182 g/mol. The highest BCUT2D eigenvalue weighted by Crippen LogP contribution is 2.29. The number of benzene rings is 1. The van der Waals surface area contributed by atoms with E-state index in [0.717, 1.165) is 0 Å². The Kier molecular flexibility index (Phi) is 3.33. The van der Waals surface area contributed by atoms with Gasteiger partial charge in [0.05, 0.1) is 13.2 Å². The topological polar surface area (TPSA) is 75.7 Å². The Bertz CT molecular complexity index is 312. The van der Waals surface area contributed by atoms with E-state index in [1.165, 1.54) is 13.2 Å². The Hall–Kier alpha value is -1.26. The van der Waals surface area contributed by atoms with E-state index < -0.39 is 12.1 Å². The molecule has 2 unspecified atom stereocenters. The Labute approximate surface area is 82.9 Å². The van der Waals surface area contributed by atoms with Crippen LogP contribution in [-0.4, -0.2) is 23.4 Å². The van der Waals surface area contributed by atoms with Crippen LogP contribution in [0.15, 0.2) is 18.2 Å². The number of hydrogen-bond donors (Lipinski definition) is 3. The minimum atomic E-state index is -0.860. The molecule has 0 aliphatic carbocycles. The van der Waals surface area contributed by atoms with E-state index in [4.69, 9.17) is 10.5 Å². The number of aliphatic hydroxyl groups excluding tert-OH is 1. The summed E-state index contributed by atoms with van der Waals surface area (Å²) in [6.07, 6.45) is -0.860. The van der Waals surface area contributed by atoms with Gasteiger partial charge in [-0.3, -0.25) is 0 Å². The van der Waals surface area contributed by atoms with Crippen LogP contribution in [-0.2, 0) is 0 Å². The third-order valence-electron chi connectivity index (χ3n) is 2.05.